The molecule has 1 N–H and O–H groups in total. The summed E-state index contributed by atoms with van der Waals surface area (Å²) in [6, 6.07) is 1.60. The van der Waals surface area contributed by atoms with Crippen LogP contribution in [0.1, 0.15) is 25.5 Å². The molecule has 0 saturated carbocycles. The third-order valence-corrected chi connectivity index (χ3v) is 2.63. The lowest BCUT2D eigenvalue weighted by atomic mass is 10.2. The number of rotatable bonds is 2. The van der Waals surface area contributed by atoms with Crippen LogP contribution >= 0.6 is 0 Å². The van der Waals surface area contributed by atoms with Crippen LogP contribution in [0.4, 0.5) is 10.6 Å². The average molecular weight is 239 g/mol. The Kier molecular flexibility index (Phi) is 3.63. The summed E-state index contributed by atoms with van der Waals surface area (Å²) >= 11 is 0. The number of nitrogens with zero attached hydrogens (tertiary/aromatic N) is 2. The van der Waals surface area contributed by atoms with Crippen molar-refractivity contribution >= 4 is 11.8 Å². The summed E-state index contributed by atoms with van der Waals surface area (Å²) in [5.74, 6) is 1.49. The van der Waals surface area contributed by atoms with Crippen molar-refractivity contribution in [3.8, 4) is 0 Å². The van der Waals surface area contributed by atoms with Crippen molar-refractivity contribution in [3.63, 3.8) is 0 Å². The highest BCUT2D eigenvalue weighted by Crippen LogP contribution is 2.18. The van der Waals surface area contributed by atoms with Crippen molar-refractivity contribution in [3.05, 3.63) is 11.8 Å². The highest BCUT2D eigenvalue weighted by molar-refractivity contribution is 5.88. The number of ether oxygens (including phenoxy) is 1. The van der Waals surface area contributed by atoms with Crippen molar-refractivity contribution < 1.29 is 14.1 Å². The van der Waals surface area contributed by atoms with Gasteiger partial charge in [0.25, 0.3) is 0 Å². The van der Waals surface area contributed by atoms with Crippen molar-refractivity contribution in [2.24, 2.45) is 0 Å². The number of carbonyl (C=O) groups excluding carboxylic acids is 1. The molecule has 2 amide bonds. The Hall–Kier alpha value is -1.56. The van der Waals surface area contributed by atoms with E-state index in [0.29, 0.717) is 32.1 Å². The highest BCUT2D eigenvalue weighted by atomic mass is 16.5. The van der Waals surface area contributed by atoms with Crippen LogP contribution in [0.3, 0.4) is 0 Å². The first kappa shape index (κ1) is 11.9. The number of amides is 2. The normalized spacial score (nSPS) is 16.3. The lowest BCUT2D eigenvalue weighted by molar-refractivity contribution is 0.0564. The van der Waals surface area contributed by atoms with Gasteiger partial charge in [0.05, 0.1) is 13.2 Å². The minimum atomic E-state index is -0.156. The lowest BCUT2D eigenvalue weighted by Crippen LogP contribution is -2.43. The monoisotopic (exact) mass is 239 g/mol. The van der Waals surface area contributed by atoms with E-state index in [9.17, 15) is 4.79 Å². The number of hydrogen-bond donors (Lipinski definition) is 1. The Morgan fingerprint density at radius 1 is 1.47 bits per heavy atom. The van der Waals surface area contributed by atoms with E-state index in [2.05, 4.69) is 10.5 Å². The first-order chi connectivity index (χ1) is 8.16. The maximum Gasteiger partial charge on any atom is 0.323 e. The molecule has 94 valence electrons. The van der Waals surface area contributed by atoms with Gasteiger partial charge < -0.3 is 14.2 Å². The van der Waals surface area contributed by atoms with Gasteiger partial charge in [-0.25, -0.2) is 4.79 Å². The Morgan fingerprint density at radius 2 is 2.18 bits per heavy atom. The summed E-state index contributed by atoms with van der Waals surface area (Å²) < 4.78 is 10.3. The Bertz CT molecular complexity index is 383. The van der Waals surface area contributed by atoms with Crippen LogP contribution < -0.4 is 5.32 Å². The molecule has 1 fully saturated rings. The van der Waals surface area contributed by atoms with Crippen LogP contribution in [0.2, 0.25) is 0 Å². The zero-order chi connectivity index (χ0) is 12.3. The molecule has 1 saturated heterocycles. The Labute approximate surface area is 99.9 Å². The smallest absolute Gasteiger partial charge is 0.323 e. The summed E-state index contributed by atoms with van der Waals surface area (Å²) in [7, 11) is 0. The van der Waals surface area contributed by atoms with Gasteiger partial charge >= 0.3 is 6.03 Å². The quantitative estimate of drug-likeness (QED) is 0.852. The van der Waals surface area contributed by atoms with Crippen LogP contribution in [0.5, 0.6) is 0 Å². The number of hydrogen-bond acceptors (Lipinski definition) is 4. The van der Waals surface area contributed by atoms with Gasteiger partial charge in [0.1, 0.15) is 5.76 Å². The van der Waals surface area contributed by atoms with Crippen molar-refractivity contribution in [1.82, 2.24) is 10.1 Å². The van der Waals surface area contributed by atoms with Gasteiger partial charge in [-0.1, -0.05) is 19.0 Å². The van der Waals surface area contributed by atoms with Gasteiger partial charge in [-0.05, 0) is 0 Å². The molecule has 1 aliphatic rings. The summed E-state index contributed by atoms with van der Waals surface area (Å²) in [5, 5.41) is 6.52. The first-order valence-corrected chi connectivity index (χ1v) is 5.77. The molecule has 0 aliphatic carbocycles. The van der Waals surface area contributed by atoms with E-state index >= 15 is 0 Å². The molecule has 0 aromatic carbocycles. The predicted molar refractivity (Wildman–Crippen MR) is 62.0 cm³/mol. The minimum absolute atomic E-state index is 0.156. The largest absolute Gasteiger partial charge is 0.378 e. The molecule has 2 rings (SSSR count). The SMILES string of the molecule is CC(C)c1cc(NC(=O)N2CCOCC2)no1. The van der Waals surface area contributed by atoms with E-state index in [-0.39, 0.29) is 11.9 Å². The van der Waals surface area contributed by atoms with Crippen LogP contribution in [0, 0.1) is 0 Å². The molecule has 17 heavy (non-hydrogen) atoms. The Balaban J connectivity index is 1.92. The maximum atomic E-state index is 11.8. The topological polar surface area (TPSA) is 67.6 Å². The molecule has 0 atom stereocenters. The summed E-state index contributed by atoms with van der Waals surface area (Å²) in [6.07, 6.45) is 0. The average Bonchev–Trinajstić information content (AvgIpc) is 2.79. The predicted octanol–water partition coefficient (Wildman–Crippen LogP) is 1.66. The lowest BCUT2D eigenvalue weighted by Gasteiger charge is -2.26. The molecule has 0 bridgehead atoms. The third-order valence-electron chi connectivity index (χ3n) is 2.63. The second kappa shape index (κ2) is 5.18. The Morgan fingerprint density at radius 3 is 2.76 bits per heavy atom. The summed E-state index contributed by atoms with van der Waals surface area (Å²) in [4.78, 5) is 13.5. The van der Waals surface area contributed by atoms with E-state index < -0.39 is 0 Å². The minimum Gasteiger partial charge on any atom is -0.378 e. The van der Waals surface area contributed by atoms with Gasteiger partial charge in [0.2, 0.25) is 0 Å². The molecule has 6 nitrogen and oxygen atoms in total. The zero-order valence-electron chi connectivity index (χ0n) is 10.1. The summed E-state index contributed by atoms with van der Waals surface area (Å²) in [6.45, 7) is 6.41. The molecular formula is C11H17N3O3. The second-order valence-corrected chi connectivity index (χ2v) is 4.30. The molecular weight excluding hydrogens is 222 g/mol. The van der Waals surface area contributed by atoms with Crippen molar-refractivity contribution in [1.29, 1.82) is 0 Å². The molecule has 6 heteroatoms. The van der Waals surface area contributed by atoms with Crippen molar-refractivity contribution in [2.75, 3.05) is 31.6 Å². The van der Waals surface area contributed by atoms with E-state index in [1.807, 2.05) is 13.8 Å². The fourth-order valence-corrected chi connectivity index (χ4v) is 1.58. The number of anilines is 1. The molecule has 1 aromatic rings. The number of nitrogens with one attached hydrogen (secondary N) is 1. The number of aromatic nitrogens is 1. The van der Waals surface area contributed by atoms with Crippen LogP contribution in [0.15, 0.2) is 10.6 Å². The van der Waals surface area contributed by atoms with Crippen molar-refractivity contribution in [2.45, 2.75) is 19.8 Å². The molecule has 0 unspecified atom stereocenters. The fourth-order valence-electron chi connectivity index (χ4n) is 1.58. The maximum absolute atomic E-state index is 11.8. The van der Waals surface area contributed by atoms with E-state index in [1.54, 1.807) is 11.0 Å². The zero-order valence-corrected chi connectivity index (χ0v) is 10.1. The molecule has 2 heterocycles. The summed E-state index contributed by atoms with van der Waals surface area (Å²) in [5.41, 5.74) is 0. The standard InChI is InChI=1S/C11H17N3O3/c1-8(2)9-7-10(13-17-9)12-11(15)14-3-5-16-6-4-14/h7-8H,3-6H2,1-2H3,(H,12,13,15). The molecule has 0 radical (unpaired) electrons. The van der Waals surface area contributed by atoms with E-state index in [1.165, 1.54) is 0 Å². The number of urea groups is 1. The van der Waals surface area contributed by atoms with E-state index in [0.717, 1.165) is 5.76 Å². The number of carbonyl (C=O) groups is 1. The van der Waals surface area contributed by atoms with E-state index in [4.69, 9.17) is 9.26 Å². The second-order valence-electron chi connectivity index (χ2n) is 4.30. The van der Waals surface area contributed by atoms with Gasteiger partial charge in [-0.3, -0.25) is 5.32 Å². The highest BCUT2D eigenvalue weighted by Gasteiger charge is 2.18. The first-order valence-electron chi connectivity index (χ1n) is 5.77. The van der Waals surface area contributed by atoms with Gasteiger partial charge in [-0.15, -0.1) is 0 Å². The fraction of sp³-hybridized carbons (Fsp3) is 0.636. The molecule has 1 aromatic heterocycles. The van der Waals surface area contributed by atoms with Gasteiger partial charge in [-0.2, -0.15) is 0 Å². The third kappa shape index (κ3) is 2.97. The van der Waals surface area contributed by atoms with Crippen LogP contribution in [0.25, 0.3) is 0 Å². The van der Waals surface area contributed by atoms with Gasteiger partial charge in [0, 0.05) is 25.1 Å². The number of morpholine rings is 1. The van der Waals surface area contributed by atoms with Crippen LogP contribution in [-0.4, -0.2) is 42.4 Å². The molecule has 1 aliphatic heterocycles. The molecule has 0 spiro atoms. The van der Waals surface area contributed by atoms with Gasteiger partial charge in [0.15, 0.2) is 5.82 Å². The van der Waals surface area contributed by atoms with Crippen LogP contribution in [-0.2, 0) is 4.74 Å².